The lowest BCUT2D eigenvalue weighted by atomic mass is 9.93. The first-order valence-electron chi connectivity index (χ1n) is 8.90. The Kier molecular flexibility index (Phi) is 7.42. The molecule has 140 valence electrons. The number of carbonyl (C=O) groups excluding carboxylic acids is 2. The molecule has 0 bridgehead atoms. The molecule has 2 aromatic rings. The number of likely N-dealkylation sites (tertiary alicyclic amines) is 1. The number of halogens is 1. The Morgan fingerprint density at radius 1 is 1.08 bits per heavy atom. The number of hydrogen-bond acceptors (Lipinski definition) is 3. The van der Waals surface area contributed by atoms with Crippen LogP contribution in [-0.4, -0.2) is 48.3 Å². The normalized spacial score (nSPS) is 14.7. The fraction of sp³-hybridized carbons (Fsp3) is 0.400. The molecule has 0 spiro atoms. The first-order chi connectivity index (χ1) is 12.2. The van der Waals surface area contributed by atoms with Crippen molar-refractivity contribution in [1.82, 2.24) is 15.2 Å². The van der Waals surface area contributed by atoms with Crippen LogP contribution in [0.4, 0.5) is 0 Å². The van der Waals surface area contributed by atoms with E-state index in [0.717, 1.165) is 32.5 Å². The van der Waals surface area contributed by atoms with Crippen molar-refractivity contribution in [2.45, 2.75) is 19.3 Å². The fourth-order valence-corrected chi connectivity index (χ4v) is 3.35. The van der Waals surface area contributed by atoms with Crippen molar-refractivity contribution in [2.24, 2.45) is 5.92 Å². The van der Waals surface area contributed by atoms with Gasteiger partial charge in [-0.25, -0.2) is 0 Å². The summed E-state index contributed by atoms with van der Waals surface area (Å²) in [4.78, 5) is 29.8. The summed E-state index contributed by atoms with van der Waals surface area (Å²) in [7, 11) is 1.98. The summed E-state index contributed by atoms with van der Waals surface area (Å²) < 4.78 is 0. The Morgan fingerprint density at radius 2 is 1.73 bits per heavy atom. The number of ketones is 1. The van der Waals surface area contributed by atoms with Crippen LogP contribution in [0.1, 0.15) is 45.5 Å². The first kappa shape index (κ1) is 20.2. The third kappa shape index (κ3) is 4.74. The molecule has 26 heavy (non-hydrogen) atoms. The molecular weight excluding hydrogens is 350 g/mol. The minimum Gasteiger partial charge on any atom is -0.367 e. The molecule has 0 atom stereocenters. The van der Waals surface area contributed by atoms with E-state index in [0.29, 0.717) is 22.6 Å². The standard InChI is InChI=1S/C20H25N3O2.ClH/c1-21-10-6-15-8-12-23(13-9-15)20(25)17-4-2-16(3-5-17)19(24)18-7-11-22-14-18;/h2-5,7,11,14-15,21-22H,6,8-10,12-13H2,1H3;1H. The number of rotatable bonds is 6. The predicted molar refractivity (Wildman–Crippen MR) is 105 cm³/mol. The van der Waals surface area contributed by atoms with Gasteiger partial charge in [0.05, 0.1) is 0 Å². The van der Waals surface area contributed by atoms with Crippen LogP contribution in [0.5, 0.6) is 0 Å². The lowest BCUT2D eigenvalue weighted by Crippen LogP contribution is -2.38. The van der Waals surface area contributed by atoms with E-state index in [9.17, 15) is 9.59 Å². The maximum atomic E-state index is 12.7. The van der Waals surface area contributed by atoms with E-state index >= 15 is 0 Å². The molecule has 1 saturated heterocycles. The fourth-order valence-electron chi connectivity index (χ4n) is 3.35. The van der Waals surface area contributed by atoms with Crippen LogP contribution in [0.2, 0.25) is 0 Å². The largest absolute Gasteiger partial charge is 0.367 e. The molecule has 1 aliphatic heterocycles. The molecule has 0 saturated carbocycles. The van der Waals surface area contributed by atoms with Gasteiger partial charge in [-0.05, 0) is 57.0 Å². The number of aromatic nitrogens is 1. The van der Waals surface area contributed by atoms with Crippen LogP contribution >= 0.6 is 12.4 Å². The van der Waals surface area contributed by atoms with Gasteiger partial charge in [-0.2, -0.15) is 0 Å². The van der Waals surface area contributed by atoms with Gasteiger partial charge in [0.2, 0.25) is 0 Å². The SMILES string of the molecule is CNCCC1CCN(C(=O)c2ccc(C(=O)c3cc[nH]c3)cc2)CC1.Cl. The van der Waals surface area contributed by atoms with Crippen molar-refractivity contribution in [3.05, 3.63) is 59.4 Å². The van der Waals surface area contributed by atoms with Gasteiger partial charge >= 0.3 is 0 Å². The molecule has 1 aromatic heterocycles. The van der Waals surface area contributed by atoms with Crippen LogP contribution in [0.25, 0.3) is 0 Å². The number of nitrogens with one attached hydrogen (secondary N) is 2. The summed E-state index contributed by atoms with van der Waals surface area (Å²) in [5, 5.41) is 3.19. The molecule has 0 aliphatic carbocycles. The second-order valence-electron chi connectivity index (χ2n) is 6.63. The van der Waals surface area contributed by atoms with Gasteiger partial charge in [0.15, 0.2) is 5.78 Å². The van der Waals surface area contributed by atoms with Crippen molar-refractivity contribution < 1.29 is 9.59 Å². The Bertz CT molecular complexity index is 705. The van der Waals surface area contributed by atoms with Crippen molar-refractivity contribution in [1.29, 1.82) is 0 Å². The number of hydrogen-bond donors (Lipinski definition) is 2. The number of benzene rings is 1. The third-order valence-corrected chi connectivity index (χ3v) is 4.96. The maximum Gasteiger partial charge on any atom is 0.253 e. The summed E-state index contributed by atoms with van der Waals surface area (Å²) in [5.74, 6) is 0.733. The second-order valence-corrected chi connectivity index (χ2v) is 6.63. The van der Waals surface area contributed by atoms with Crippen molar-refractivity contribution in [3.63, 3.8) is 0 Å². The van der Waals surface area contributed by atoms with Crippen molar-refractivity contribution in [2.75, 3.05) is 26.7 Å². The summed E-state index contributed by atoms with van der Waals surface area (Å²) >= 11 is 0. The topological polar surface area (TPSA) is 65.2 Å². The van der Waals surface area contributed by atoms with Crippen LogP contribution in [0.15, 0.2) is 42.7 Å². The summed E-state index contributed by atoms with van der Waals surface area (Å²) in [6.45, 7) is 2.67. The average Bonchev–Trinajstić information content (AvgIpc) is 3.20. The number of piperidine rings is 1. The van der Waals surface area contributed by atoms with Crippen molar-refractivity contribution in [3.8, 4) is 0 Å². The van der Waals surface area contributed by atoms with E-state index in [1.54, 1.807) is 42.7 Å². The van der Waals surface area contributed by atoms with Crippen LogP contribution in [-0.2, 0) is 0 Å². The maximum absolute atomic E-state index is 12.7. The molecule has 3 rings (SSSR count). The highest BCUT2D eigenvalue weighted by Gasteiger charge is 2.23. The zero-order valence-corrected chi connectivity index (χ0v) is 15.8. The Balaban J connectivity index is 0.00000243. The Morgan fingerprint density at radius 3 is 2.31 bits per heavy atom. The highest BCUT2D eigenvalue weighted by atomic mass is 35.5. The van der Waals surface area contributed by atoms with Crippen LogP contribution in [0, 0.1) is 5.92 Å². The van der Waals surface area contributed by atoms with Gasteiger partial charge in [0.25, 0.3) is 5.91 Å². The molecule has 1 amide bonds. The molecule has 1 aromatic carbocycles. The summed E-state index contributed by atoms with van der Waals surface area (Å²) in [6.07, 6.45) is 6.72. The van der Waals surface area contributed by atoms with E-state index in [2.05, 4.69) is 10.3 Å². The minimum atomic E-state index is -0.0365. The molecule has 2 heterocycles. The second kappa shape index (κ2) is 9.55. The molecule has 0 radical (unpaired) electrons. The van der Waals surface area contributed by atoms with Gasteiger partial charge in [-0.3, -0.25) is 9.59 Å². The van der Waals surface area contributed by atoms with E-state index in [1.165, 1.54) is 6.42 Å². The number of H-pyrrole nitrogens is 1. The zero-order chi connectivity index (χ0) is 17.6. The number of amides is 1. The number of nitrogens with zero attached hydrogens (tertiary/aromatic N) is 1. The van der Waals surface area contributed by atoms with Gasteiger partial charge in [-0.15, -0.1) is 12.4 Å². The molecule has 1 fully saturated rings. The first-order valence-corrected chi connectivity index (χ1v) is 8.90. The van der Waals surface area contributed by atoms with Crippen LogP contribution < -0.4 is 5.32 Å². The predicted octanol–water partition coefficient (Wildman–Crippen LogP) is 3.13. The zero-order valence-electron chi connectivity index (χ0n) is 15.0. The summed E-state index contributed by atoms with van der Waals surface area (Å²) in [5.41, 5.74) is 1.88. The number of aromatic amines is 1. The Hall–Kier alpha value is -2.11. The lowest BCUT2D eigenvalue weighted by molar-refractivity contribution is 0.0687. The van der Waals surface area contributed by atoms with Crippen molar-refractivity contribution >= 4 is 24.1 Å². The van der Waals surface area contributed by atoms with Gasteiger partial charge < -0.3 is 15.2 Å². The monoisotopic (exact) mass is 375 g/mol. The molecular formula is C20H26ClN3O2. The van der Waals surface area contributed by atoms with E-state index in [-0.39, 0.29) is 24.1 Å². The molecule has 6 heteroatoms. The van der Waals surface area contributed by atoms with Gasteiger partial charge in [-0.1, -0.05) is 12.1 Å². The molecule has 5 nitrogen and oxygen atoms in total. The average molecular weight is 376 g/mol. The molecule has 1 aliphatic rings. The Labute approximate surface area is 160 Å². The quantitative estimate of drug-likeness (QED) is 0.762. The van der Waals surface area contributed by atoms with Gasteiger partial charge in [0, 0.05) is 42.2 Å². The highest BCUT2D eigenvalue weighted by molar-refractivity contribution is 6.09. The number of carbonyl (C=O) groups is 2. The van der Waals surface area contributed by atoms with E-state index in [1.807, 2.05) is 11.9 Å². The highest BCUT2D eigenvalue weighted by Crippen LogP contribution is 2.22. The van der Waals surface area contributed by atoms with E-state index in [4.69, 9.17) is 0 Å². The van der Waals surface area contributed by atoms with Gasteiger partial charge in [0.1, 0.15) is 0 Å². The lowest BCUT2D eigenvalue weighted by Gasteiger charge is -2.32. The van der Waals surface area contributed by atoms with Crippen LogP contribution in [0.3, 0.4) is 0 Å². The summed E-state index contributed by atoms with van der Waals surface area (Å²) in [6, 6.07) is 8.74. The van der Waals surface area contributed by atoms with E-state index < -0.39 is 0 Å². The third-order valence-electron chi connectivity index (χ3n) is 4.96. The smallest absolute Gasteiger partial charge is 0.253 e. The molecule has 2 N–H and O–H groups in total. The minimum absolute atomic E-state index is 0. The molecule has 0 unspecified atom stereocenters.